The first-order valence-corrected chi connectivity index (χ1v) is 8.98. The van der Waals surface area contributed by atoms with E-state index in [-0.39, 0.29) is 5.91 Å². The smallest absolute Gasteiger partial charge is 0.231 e. The highest BCUT2D eigenvalue weighted by molar-refractivity contribution is 5.96. The van der Waals surface area contributed by atoms with Crippen molar-refractivity contribution in [1.29, 1.82) is 0 Å². The second-order valence-corrected chi connectivity index (χ2v) is 6.81. The van der Waals surface area contributed by atoms with E-state index in [9.17, 15) is 9.18 Å². The number of carbonyl (C=O) groups is 1. The number of hydrogen-bond donors (Lipinski definition) is 1. The highest BCUT2D eigenvalue weighted by atomic mass is 19.1. The molecular formula is C20H21FN4O2. The zero-order valence-electron chi connectivity index (χ0n) is 15.5. The molecule has 0 spiro atoms. The van der Waals surface area contributed by atoms with Gasteiger partial charge in [-0.15, -0.1) is 0 Å². The molecule has 0 aliphatic heterocycles. The number of carbonyl (C=O) groups excluding carboxylic acids is 1. The third-order valence-electron chi connectivity index (χ3n) is 4.89. The van der Waals surface area contributed by atoms with Crippen LogP contribution in [0.5, 0.6) is 5.88 Å². The van der Waals surface area contributed by atoms with Gasteiger partial charge in [0, 0.05) is 18.6 Å². The molecule has 0 radical (unpaired) electrons. The number of halogens is 1. The molecule has 27 heavy (non-hydrogen) atoms. The van der Waals surface area contributed by atoms with Crippen molar-refractivity contribution in [2.45, 2.75) is 26.4 Å². The van der Waals surface area contributed by atoms with E-state index in [2.05, 4.69) is 15.3 Å². The van der Waals surface area contributed by atoms with Crippen LogP contribution in [0.2, 0.25) is 0 Å². The molecule has 1 aliphatic rings. The average Bonchev–Trinajstić information content (AvgIpc) is 3.29. The minimum absolute atomic E-state index is 0.296. The molecule has 1 amide bonds. The van der Waals surface area contributed by atoms with Crippen molar-refractivity contribution in [3.63, 3.8) is 0 Å². The van der Waals surface area contributed by atoms with E-state index in [1.807, 2.05) is 37.6 Å². The first-order chi connectivity index (χ1) is 13.0. The summed E-state index contributed by atoms with van der Waals surface area (Å²) in [6.45, 7) is 4.47. The van der Waals surface area contributed by atoms with Crippen LogP contribution in [-0.4, -0.2) is 33.2 Å². The van der Waals surface area contributed by atoms with Crippen molar-refractivity contribution in [2.75, 3.05) is 11.9 Å². The van der Waals surface area contributed by atoms with Crippen LogP contribution in [-0.2, 0) is 11.8 Å². The molecule has 1 fully saturated rings. The van der Waals surface area contributed by atoms with Gasteiger partial charge < -0.3 is 14.6 Å². The summed E-state index contributed by atoms with van der Waals surface area (Å²) >= 11 is 0. The van der Waals surface area contributed by atoms with Crippen LogP contribution < -0.4 is 10.1 Å². The Morgan fingerprint density at radius 2 is 2.19 bits per heavy atom. The van der Waals surface area contributed by atoms with Crippen molar-refractivity contribution in [2.24, 2.45) is 13.0 Å². The van der Waals surface area contributed by atoms with Gasteiger partial charge >= 0.3 is 0 Å². The van der Waals surface area contributed by atoms with E-state index in [0.29, 0.717) is 24.7 Å². The fraction of sp³-hybridized carbons (Fsp3) is 0.350. The molecular weight excluding hydrogens is 347 g/mol. The van der Waals surface area contributed by atoms with Crippen molar-refractivity contribution >= 4 is 22.6 Å². The summed E-state index contributed by atoms with van der Waals surface area (Å²) in [4.78, 5) is 20.6. The highest BCUT2D eigenvalue weighted by Gasteiger charge is 2.43. The van der Waals surface area contributed by atoms with Gasteiger partial charge in [-0.05, 0) is 44.0 Å². The second kappa shape index (κ2) is 6.64. The van der Waals surface area contributed by atoms with Gasteiger partial charge in [-0.2, -0.15) is 0 Å². The Kier molecular flexibility index (Phi) is 4.30. The van der Waals surface area contributed by atoms with Gasteiger partial charge in [-0.1, -0.05) is 0 Å². The Hall–Kier alpha value is -2.96. The largest absolute Gasteiger partial charge is 0.477 e. The molecule has 7 heteroatoms. The first-order valence-electron chi connectivity index (χ1n) is 8.98. The maximum atomic E-state index is 13.1. The van der Waals surface area contributed by atoms with Crippen LogP contribution in [0.4, 0.5) is 10.2 Å². The molecule has 0 bridgehead atoms. The number of pyridine rings is 2. The minimum atomic E-state index is -1.03. The number of hydrogen-bond acceptors (Lipinski definition) is 4. The van der Waals surface area contributed by atoms with Crippen LogP contribution in [0.25, 0.3) is 22.2 Å². The van der Waals surface area contributed by atoms with Crippen molar-refractivity contribution in [1.82, 2.24) is 14.5 Å². The van der Waals surface area contributed by atoms with Gasteiger partial charge in [0.1, 0.15) is 12.0 Å². The van der Waals surface area contributed by atoms with E-state index in [1.54, 1.807) is 18.5 Å². The summed E-state index contributed by atoms with van der Waals surface area (Å²) in [5.74, 6) is 0.164. The Labute approximate surface area is 156 Å². The number of aromatic nitrogens is 3. The SMILES string of the molecule is CCOc1nccc(C)c1-c1cc2cc(NC(=O)C3CC3F)ncc2n1C. The van der Waals surface area contributed by atoms with Gasteiger partial charge in [0.05, 0.1) is 35.5 Å². The number of fused-ring (bicyclic) bond motifs is 1. The first kappa shape index (κ1) is 17.5. The van der Waals surface area contributed by atoms with E-state index < -0.39 is 12.1 Å². The van der Waals surface area contributed by atoms with Crippen LogP contribution in [0.3, 0.4) is 0 Å². The molecule has 0 aromatic carbocycles. The molecule has 1 N–H and O–H groups in total. The standard InChI is InChI=1S/C20H21FN4O2/c1-4-27-20-18(11(2)5-6-22-20)15-7-12-8-17(23-10-16(12)25(15)3)24-19(26)13-9-14(13)21/h5-8,10,13-14H,4,9H2,1-3H3,(H,23,24,26). The lowest BCUT2D eigenvalue weighted by Gasteiger charge is -2.12. The van der Waals surface area contributed by atoms with Crippen LogP contribution in [0, 0.1) is 12.8 Å². The summed E-state index contributed by atoms with van der Waals surface area (Å²) < 4.78 is 20.8. The Morgan fingerprint density at radius 3 is 2.89 bits per heavy atom. The fourth-order valence-electron chi connectivity index (χ4n) is 3.29. The predicted octanol–water partition coefficient (Wildman–Crippen LogP) is 3.64. The molecule has 3 aromatic heterocycles. The number of rotatable bonds is 5. The number of nitrogens with zero attached hydrogens (tertiary/aromatic N) is 3. The Morgan fingerprint density at radius 1 is 1.41 bits per heavy atom. The summed E-state index contributed by atoms with van der Waals surface area (Å²) in [7, 11) is 1.96. The second-order valence-electron chi connectivity index (χ2n) is 6.81. The Balaban J connectivity index is 1.73. The number of amides is 1. The van der Waals surface area contributed by atoms with Crippen LogP contribution in [0.1, 0.15) is 18.9 Å². The Bertz CT molecular complexity index is 1030. The summed E-state index contributed by atoms with van der Waals surface area (Å²) in [5.41, 5.74) is 3.87. The van der Waals surface area contributed by atoms with E-state index in [0.717, 1.165) is 27.7 Å². The van der Waals surface area contributed by atoms with Gasteiger partial charge in [0.2, 0.25) is 11.8 Å². The maximum Gasteiger partial charge on any atom is 0.231 e. The molecule has 1 saturated carbocycles. The van der Waals surface area contributed by atoms with Gasteiger partial charge in [-0.3, -0.25) is 4.79 Å². The molecule has 140 valence electrons. The molecule has 3 aromatic rings. The minimum Gasteiger partial charge on any atom is -0.477 e. The zero-order chi connectivity index (χ0) is 19.1. The lowest BCUT2D eigenvalue weighted by Crippen LogP contribution is -2.15. The monoisotopic (exact) mass is 368 g/mol. The lowest BCUT2D eigenvalue weighted by molar-refractivity contribution is -0.117. The van der Waals surface area contributed by atoms with Crippen molar-refractivity contribution < 1.29 is 13.9 Å². The van der Waals surface area contributed by atoms with Crippen molar-refractivity contribution in [3.8, 4) is 17.1 Å². The number of aryl methyl sites for hydroxylation is 2. The summed E-state index contributed by atoms with van der Waals surface area (Å²) in [6.07, 6.45) is 2.71. The molecule has 1 aliphatic carbocycles. The van der Waals surface area contributed by atoms with E-state index >= 15 is 0 Å². The topological polar surface area (TPSA) is 69.0 Å². The van der Waals surface area contributed by atoms with Gasteiger partial charge in [-0.25, -0.2) is 14.4 Å². The van der Waals surface area contributed by atoms with Crippen LogP contribution in [0.15, 0.2) is 30.6 Å². The molecule has 2 atom stereocenters. The number of ether oxygens (including phenoxy) is 1. The highest BCUT2D eigenvalue weighted by Crippen LogP contribution is 2.36. The third kappa shape index (κ3) is 3.13. The fourth-order valence-corrected chi connectivity index (χ4v) is 3.29. The quantitative estimate of drug-likeness (QED) is 0.747. The van der Waals surface area contributed by atoms with Gasteiger partial charge in [0.15, 0.2) is 0 Å². The van der Waals surface area contributed by atoms with Crippen molar-refractivity contribution in [3.05, 3.63) is 36.2 Å². The normalized spacial score (nSPS) is 18.5. The molecule has 3 heterocycles. The van der Waals surface area contributed by atoms with E-state index in [1.165, 1.54) is 0 Å². The summed E-state index contributed by atoms with van der Waals surface area (Å²) in [5, 5.41) is 3.63. The molecule has 4 rings (SSSR count). The molecule has 6 nitrogen and oxygen atoms in total. The average molecular weight is 368 g/mol. The third-order valence-corrected chi connectivity index (χ3v) is 4.89. The number of alkyl halides is 1. The molecule has 2 unspecified atom stereocenters. The van der Waals surface area contributed by atoms with E-state index in [4.69, 9.17) is 4.74 Å². The predicted molar refractivity (Wildman–Crippen MR) is 101 cm³/mol. The summed E-state index contributed by atoms with van der Waals surface area (Å²) in [6, 6.07) is 5.77. The number of anilines is 1. The van der Waals surface area contributed by atoms with Gasteiger partial charge in [0.25, 0.3) is 0 Å². The number of nitrogens with one attached hydrogen (secondary N) is 1. The van der Waals surface area contributed by atoms with Crippen LogP contribution >= 0.6 is 0 Å². The molecule has 0 saturated heterocycles. The lowest BCUT2D eigenvalue weighted by atomic mass is 10.1. The maximum absolute atomic E-state index is 13.1. The zero-order valence-corrected chi connectivity index (χ0v) is 15.5.